The summed E-state index contributed by atoms with van der Waals surface area (Å²) in [5.41, 5.74) is 1.88. The fourth-order valence-corrected chi connectivity index (χ4v) is 1.53. The van der Waals surface area contributed by atoms with Crippen molar-refractivity contribution in [2.75, 3.05) is 0 Å². The van der Waals surface area contributed by atoms with Crippen LogP contribution in [-0.4, -0.2) is 15.2 Å². The summed E-state index contributed by atoms with van der Waals surface area (Å²) in [6.07, 6.45) is 4.39. The van der Waals surface area contributed by atoms with E-state index in [4.69, 9.17) is 0 Å². The molecule has 0 atom stereocenters. The fraction of sp³-hybridized carbons (Fsp3) is 0.0909. The SMILES string of the molecule is C=CCc1c[nH]c2cc(O)c(O)cc12. The summed E-state index contributed by atoms with van der Waals surface area (Å²) >= 11 is 0. The van der Waals surface area contributed by atoms with Crippen molar-refractivity contribution in [3.8, 4) is 11.5 Å². The molecule has 2 rings (SSSR count). The smallest absolute Gasteiger partial charge is 0.159 e. The maximum atomic E-state index is 9.34. The third-order valence-corrected chi connectivity index (χ3v) is 2.23. The van der Waals surface area contributed by atoms with Crippen LogP contribution >= 0.6 is 0 Å². The molecule has 0 amide bonds. The highest BCUT2D eigenvalue weighted by Gasteiger charge is 2.06. The van der Waals surface area contributed by atoms with Gasteiger partial charge in [0.25, 0.3) is 0 Å². The average molecular weight is 189 g/mol. The molecule has 0 aliphatic heterocycles. The van der Waals surface area contributed by atoms with Gasteiger partial charge in [0.1, 0.15) is 0 Å². The Kier molecular flexibility index (Phi) is 1.93. The number of fused-ring (bicyclic) bond motifs is 1. The van der Waals surface area contributed by atoms with Gasteiger partial charge in [-0.1, -0.05) is 6.08 Å². The van der Waals surface area contributed by atoms with E-state index in [9.17, 15) is 10.2 Å². The van der Waals surface area contributed by atoms with Gasteiger partial charge >= 0.3 is 0 Å². The number of phenols is 2. The maximum Gasteiger partial charge on any atom is 0.159 e. The molecule has 1 heterocycles. The first kappa shape index (κ1) is 8.69. The fourth-order valence-electron chi connectivity index (χ4n) is 1.53. The van der Waals surface area contributed by atoms with Crippen molar-refractivity contribution in [1.29, 1.82) is 0 Å². The summed E-state index contributed by atoms with van der Waals surface area (Å²) in [6, 6.07) is 3.07. The van der Waals surface area contributed by atoms with Crippen molar-refractivity contribution in [2.24, 2.45) is 0 Å². The first-order chi connectivity index (χ1) is 6.72. The van der Waals surface area contributed by atoms with Crippen LogP contribution in [0.3, 0.4) is 0 Å². The van der Waals surface area contributed by atoms with E-state index in [2.05, 4.69) is 11.6 Å². The number of phenolic OH excluding ortho intramolecular Hbond substituents is 2. The molecule has 1 aromatic carbocycles. The number of aromatic hydroxyl groups is 2. The molecule has 3 heteroatoms. The Morgan fingerprint density at radius 1 is 1.29 bits per heavy atom. The van der Waals surface area contributed by atoms with Gasteiger partial charge in [-0.2, -0.15) is 0 Å². The molecule has 14 heavy (non-hydrogen) atoms. The maximum absolute atomic E-state index is 9.34. The van der Waals surface area contributed by atoms with Gasteiger partial charge in [0.15, 0.2) is 11.5 Å². The predicted octanol–water partition coefficient (Wildman–Crippen LogP) is 2.31. The standard InChI is InChI=1S/C11H11NO2/c1-2-3-7-6-12-9-5-11(14)10(13)4-8(7)9/h2,4-6,12-14H,1,3H2. The number of aromatic amines is 1. The average Bonchev–Trinajstić information content (AvgIpc) is 2.51. The van der Waals surface area contributed by atoms with E-state index in [-0.39, 0.29) is 11.5 Å². The highest BCUT2D eigenvalue weighted by Crippen LogP contribution is 2.31. The molecule has 0 radical (unpaired) electrons. The van der Waals surface area contributed by atoms with Gasteiger partial charge in [0.05, 0.1) is 0 Å². The zero-order valence-electron chi connectivity index (χ0n) is 7.62. The lowest BCUT2D eigenvalue weighted by Gasteiger charge is -1.98. The van der Waals surface area contributed by atoms with Crippen LogP contribution < -0.4 is 0 Å². The van der Waals surface area contributed by atoms with Gasteiger partial charge in [-0.3, -0.25) is 0 Å². The van der Waals surface area contributed by atoms with E-state index in [0.29, 0.717) is 0 Å². The van der Waals surface area contributed by atoms with Gasteiger partial charge in [-0.05, 0) is 18.1 Å². The van der Waals surface area contributed by atoms with E-state index in [1.807, 2.05) is 6.20 Å². The molecule has 2 aromatic rings. The number of allylic oxidation sites excluding steroid dienone is 1. The van der Waals surface area contributed by atoms with Crippen LogP contribution in [0, 0.1) is 0 Å². The summed E-state index contributed by atoms with van der Waals surface area (Å²) < 4.78 is 0. The summed E-state index contributed by atoms with van der Waals surface area (Å²) in [5.74, 6) is -0.202. The molecule has 0 spiro atoms. The minimum atomic E-state index is -0.107. The lowest BCUT2D eigenvalue weighted by Crippen LogP contribution is -1.76. The highest BCUT2D eigenvalue weighted by molar-refractivity contribution is 5.86. The first-order valence-electron chi connectivity index (χ1n) is 4.35. The Balaban J connectivity index is 2.67. The Hall–Kier alpha value is -1.90. The summed E-state index contributed by atoms with van der Waals surface area (Å²) in [4.78, 5) is 3.02. The predicted molar refractivity (Wildman–Crippen MR) is 55.5 cm³/mol. The topological polar surface area (TPSA) is 56.2 Å². The second kappa shape index (κ2) is 3.10. The molecule has 3 N–H and O–H groups in total. The number of hydrogen-bond donors (Lipinski definition) is 3. The second-order valence-electron chi connectivity index (χ2n) is 3.19. The molecule has 0 unspecified atom stereocenters. The monoisotopic (exact) mass is 189 g/mol. The molecule has 72 valence electrons. The van der Waals surface area contributed by atoms with Crippen molar-refractivity contribution in [2.45, 2.75) is 6.42 Å². The molecule has 0 bridgehead atoms. The molecule has 3 nitrogen and oxygen atoms in total. The molecular weight excluding hydrogens is 178 g/mol. The van der Waals surface area contributed by atoms with Crippen LogP contribution in [0.5, 0.6) is 11.5 Å². The summed E-state index contributed by atoms with van der Waals surface area (Å²) in [6.45, 7) is 3.66. The minimum absolute atomic E-state index is 0.0950. The number of H-pyrrole nitrogens is 1. The molecule has 0 aliphatic rings. The molecular formula is C11H11NO2. The lowest BCUT2D eigenvalue weighted by molar-refractivity contribution is 0.405. The van der Waals surface area contributed by atoms with Crippen LogP contribution in [0.2, 0.25) is 0 Å². The zero-order chi connectivity index (χ0) is 10.1. The second-order valence-corrected chi connectivity index (χ2v) is 3.19. The van der Waals surface area contributed by atoms with Gasteiger partial charge in [0, 0.05) is 23.2 Å². The minimum Gasteiger partial charge on any atom is -0.504 e. The quantitative estimate of drug-likeness (QED) is 0.501. The van der Waals surface area contributed by atoms with E-state index < -0.39 is 0 Å². The lowest BCUT2D eigenvalue weighted by atomic mass is 10.1. The van der Waals surface area contributed by atoms with Crippen LogP contribution in [0.4, 0.5) is 0 Å². The van der Waals surface area contributed by atoms with E-state index in [0.717, 1.165) is 22.9 Å². The first-order valence-corrected chi connectivity index (χ1v) is 4.35. The number of nitrogens with one attached hydrogen (secondary N) is 1. The highest BCUT2D eigenvalue weighted by atomic mass is 16.3. The van der Waals surface area contributed by atoms with Crippen LogP contribution in [0.1, 0.15) is 5.56 Å². The molecule has 0 saturated carbocycles. The van der Waals surface area contributed by atoms with Crippen LogP contribution in [0.25, 0.3) is 10.9 Å². The Bertz CT molecular complexity index is 485. The van der Waals surface area contributed by atoms with E-state index in [1.54, 1.807) is 12.1 Å². The molecule has 0 fully saturated rings. The normalized spacial score (nSPS) is 10.6. The summed E-state index contributed by atoms with van der Waals surface area (Å²) in [7, 11) is 0. The third-order valence-electron chi connectivity index (χ3n) is 2.23. The molecule has 0 saturated heterocycles. The third kappa shape index (κ3) is 1.23. The summed E-state index contributed by atoms with van der Waals surface area (Å²) in [5, 5.41) is 19.5. The number of benzene rings is 1. The van der Waals surface area contributed by atoms with Gasteiger partial charge in [0.2, 0.25) is 0 Å². The van der Waals surface area contributed by atoms with Gasteiger partial charge in [-0.15, -0.1) is 6.58 Å². The largest absolute Gasteiger partial charge is 0.504 e. The van der Waals surface area contributed by atoms with Crippen LogP contribution in [-0.2, 0) is 6.42 Å². The van der Waals surface area contributed by atoms with Crippen LogP contribution in [0.15, 0.2) is 31.0 Å². The Morgan fingerprint density at radius 3 is 2.71 bits per heavy atom. The number of rotatable bonds is 2. The number of aromatic nitrogens is 1. The van der Waals surface area contributed by atoms with Crippen molar-refractivity contribution in [3.63, 3.8) is 0 Å². The van der Waals surface area contributed by atoms with E-state index >= 15 is 0 Å². The van der Waals surface area contributed by atoms with E-state index in [1.165, 1.54) is 6.07 Å². The zero-order valence-corrected chi connectivity index (χ0v) is 7.62. The van der Waals surface area contributed by atoms with Crippen molar-refractivity contribution in [3.05, 3.63) is 36.5 Å². The molecule has 0 aliphatic carbocycles. The Labute approximate surface area is 81.3 Å². The Morgan fingerprint density at radius 2 is 2.00 bits per heavy atom. The number of hydrogen-bond acceptors (Lipinski definition) is 2. The van der Waals surface area contributed by atoms with Crippen molar-refractivity contribution >= 4 is 10.9 Å². The van der Waals surface area contributed by atoms with Crippen molar-refractivity contribution < 1.29 is 10.2 Å². The molecule has 1 aromatic heterocycles. The van der Waals surface area contributed by atoms with Gasteiger partial charge < -0.3 is 15.2 Å². The van der Waals surface area contributed by atoms with Gasteiger partial charge in [-0.25, -0.2) is 0 Å². The van der Waals surface area contributed by atoms with Crippen molar-refractivity contribution in [1.82, 2.24) is 4.98 Å².